The normalized spacial score (nSPS) is 13.2. The molecule has 0 saturated carbocycles. The second kappa shape index (κ2) is 7.88. The van der Waals surface area contributed by atoms with Gasteiger partial charge < -0.3 is 5.11 Å². The molecule has 0 saturated heterocycles. The molecule has 3 aromatic rings. The smallest absolute Gasteiger partial charge is 0.315 e. The number of H-pyrrole nitrogens is 1. The van der Waals surface area contributed by atoms with Gasteiger partial charge in [-0.05, 0) is 38.5 Å². The molecule has 158 valence electrons. The lowest BCUT2D eigenvalue weighted by Gasteiger charge is -2.20. The van der Waals surface area contributed by atoms with Crippen molar-refractivity contribution in [2.75, 3.05) is 0 Å². The van der Waals surface area contributed by atoms with E-state index in [1.807, 2.05) is 0 Å². The number of nitrogens with zero attached hydrogens (tertiary/aromatic N) is 2. The maximum atomic E-state index is 12.9. The molecule has 0 radical (unpaired) electrons. The summed E-state index contributed by atoms with van der Waals surface area (Å²) in [6.45, 7) is 5.16. The fraction of sp³-hybridized carbons (Fsp3) is 0.250. The van der Waals surface area contributed by atoms with E-state index >= 15 is 0 Å². The first kappa shape index (κ1) is 21.5. The summed E-state index contributed by atoms with van der Waals surface area (Å²) in [4.78, 5) is 28.7. The maximum absolute atomic E-state index is 12.9. The van der Waals surface area contributed by atoms with Crippen LogP contribution in [0.4, 0.5) is 0 Å². The summed E-state index contributed by atoms with van der Waals surface area (Å²) < 4.78 is 28.4. The topological polar surface area (TPSA) is 134 Å². The van der Waals surface area contributed by atoms with E-state index in [9.17, 15) is 23.1 Å². The molecular formula is C20H22N4O5S. The Morgan fingerprint density at radius 3 is 2.37 bits per heavy atom. The van der Waals surface area contributed by atoms with Gasteiger partial charge in [0.05, 0.1) is 5.56 Å². The standard InChI is InChI=1S/C20H22N4O5S/c1-20(2,3)23-30(28,29)14-9-10-16(21-11-14)24-18(25)15(12-22-24)17(19(26)27)13-7-5-4-6-8-13/h4-12,17,22-23H,1-3H3,(H,26,27). The van der Waals surface area contributed by atoms with Crippen LogP contribution in [0.2, 0.25) is 0 Å². The molecule has 3 rings (SSSR count). The zero-order valence-electron chi connectivity index (χ0n) is 16.7. The Balaban J connectivity index is 1.96. The molecule has 0 aliphatic rings. The number of aliphatic carboxylic acids is 1. The van der Waals surface area contributed by atoms with E-state index in [4.69, 9.17) is 0 Å². The van der Waals surface area contributed by atoms with Gasteiger partial charge in [-0.25, -0.2) is 22.8 Å². The number of hydrogen-bond acceptors (Lipinski definition) is 5. The van der Waals surface area contributed by atoms with Crippen LogP contribution in [0.1, 0.15) is 37.8 Å². The second-order valence-electron chi connectivity index (χ2n) is 7.76. The largest absolute Gasteiger partial charge is 0.481 e. The summed E-state index contributed by atoms with van der Waals surface area (Å²) in [5.41, 5.74) is -0.730. The predicted octanol–water partition coefficient (Wildman–Crippen LogP) is 1.85. The van der Waals surface area contributed by atoms with Gasteiger partial charge in [-0.1, -0.05) is 30.3 Å². The second-order valence-corrected chi connectivity index (χ2v) is 9.44. The van der Waals surface area contributed by atoms with Crippen molar-refractivity contribution in [1.29, 1.82) is 0 Å². The van der Waals surface area contributed by atoms with Crippen molar-refractivity contribution in [3.63, 3.8) is 0 Å². The van der Waals surface area contributed by atoms with Crippen molar-refractivity contribution in [2.24, 2.45) is 0 Å². The summed E-state index contributed by atoms with van der Waals surface area (Å²) in [5, 5.41) is 12.4. The van der Waals surface area contributed by atoms with Crippen LogP contribution in [0.25, 0.3) is 5.82 Å². The molecule has 10 heteroatoms. The molecule has 0 spiro atoms. The van der Waals surface area contributed by atoms with Gasteiger partial charge in [-0.15, -0.1) is 0 Å². The third kappa shape index (κ3) is 4.50. The summed E-state index contributed by atoms with van der Waals surface area (Å²) in [6, 6.07) is 11.1. The zero-order valence-corrected chi connectivity index (χ0v) is 17.5. The Hall–Kier alpha value is -3.24. The number of aromatic nitrogens is 3. The fourth-order valence-corrected chi connectivity index (χ4v) is 4.35. The Labute approximate surface area is 173 Å². The number of hydrogen-bond donors (Lipinski definition) is 3. The molecule has 1 atom stereocenters. The van der Waals surface area contributed by atoms with Crippen LogP contribution in [-0.4, -0.2) is 39.8 Å². The molecule has 1 aromatic carbocycles. The number of carboxylic acid groups (broad SMARTS) is 1. The Morgan fingerprint density at radius 1 is 1.17 bits per heavy atom. The average Bonchev–Trinajstić information content (AvgIpc) is 3.02. The average molecular weight is 430 g/mol. The van der Waals surface area contributed by atoms with E-state index in [0.717, 1.165) is 10.9 Å². The minimum Gasteiger partial charge on any atom is -0.481 e. The summed E-state index contributed by atoms with van der Waals surface area (Å²) in [6.07, 6.45) is 2.46. The summed E-state index contributed by atoms with van der Waals surface area (Å²) >= 11 is 0. The first-order valence-electron chi connectivity index (χ1n) is 9.08. The third-order valence-corrected chi connectivity index (χ3v) is 5.93. The molecule has 2 aromatic heterocycles. The molecule has 0 bridgehead atoms. The van der Waals surface area contributed by atoms with Crippen LogP contribution in [-0.2, 0) is 14.8 Å². The summed E-state index contributed by atoms with van der Waals surface area (Å²) in [7, 11) is -3.77. The highest BCUT2D eigenvalue weighted by Gasteiger charge is 2.27. The van der Waals surface area contributed by atoms with Crippen molar-refractivity contribution in [3.05, 3.63) is 76.3 Å². The number of nitrogens with one attached hydrogen (secondary N) is 2. The molecule has 3 N–H and O–H groups in total. The van der Waals surface area contributed by atoms with Crippen molar-refractivity contribution < 1.29 is 18.3 Å². The number of carboxylic acids is 1. The van der Waals surface area contributed by atoms with Gasteiger partial charge in [0.1, 0.15) is 10.8 Å². The molecule has 0 aliphatic carbocycles. The number of sulfonamides is 1. The van der Waals surface area contributed by atoms with E-state index in [0.29, 0.717) is 5.56 Å². The van der Waals surface area contributed by atoms with Gasteiger partial charge in [-0.3, -0.25) is 14.7 Å². The Kier molecular flexibility index (Phi) is 5.64. The number of aromatic amines is 1. The third-order valence-electron chi connectivity index (χ3n) is 4.19. The SMILES string of the molecule is CC(C)(C)NS(=O)(=O)c1ccc(-n2[nH]cc(C(C(=O)O)c3ccccc3)c2=O)nc1. The Bertz CT molecular complexity index is 1210. The van der Waals surface area contributed by atoms with E-state index in [1.165, 1.54) is 18.3 Å². The van der Waals surface area contributed by atoms with Crippen molar-refractivity contribution in [1.82, 2.24) is 19.5 Å². The first-order chi connectivity index (χ1) is 14.0. The molecule has 0 aliphatic heterocycles. The minimum absolute atomic E-state index is 0.0431. The van der Waals surface area contributed by atoms with Crippen LogP contribution in [0.15, 0.2) is 64.5 Å². The first-order valence-corrected chi connectivity index (χ1v) is 10.6. The molecule has 9 nitrogen and oxygen atoms in total. The van der Waals surface area contributed by atoms with Crippen LogP contribution in [0, 0.1) is 0 Å². The predicted molar refractivity (Wildman–Crippen MR) is 110 cm³/mol. The van der Waals surface area contributed by atoms with Crippen molar-refractivity contribution in [2.45, 2.75) is 37.1 Å². The van der Waals surface area contributed by atoms with E-state index in [1.54, 1.807) is 51.1 Å². The van der Waals surface area contributed by atoms with E-state index in [2.05, 4.69) is 14.8 Å². The zero-order chi connectivity index (χ0) is 22.1. The maximum Gasteiger partial charge on any atom is 0.315 e. The van der Waals surface area contributed by atoms with Gasteiger partial charge >= 0.3 is 5.97 Å². The molecule has 30 heavy (non-hydrogen) atoms. The number of benzene rings is 1. The van der Waals surface area contributed by atoms with Crippen LogP contribution in [0.5, 0.6) is 0 Å². The lowest BCUT2D eigenvalue weighted by molar-refractivity contribution is -0.137. The Morgan fingerprint density at radius 2 is 1.83 bits per heavy atom. The molecular weight excluding hydrogens is 408 g/mol. The molecule has 0 amide bonds. The quantitative estimate of drug-likeness (QED) is 0.546. The highest BCUT2D eigenvalue weighted by Crippen LogP contribution is 2.22. The van der Waals surface area contributed by atoms with E-state index in [-0.39, 0.29) is 16.3 Å². The number of carbonyl (C=O) groups is 1. The lowest BCUT2D eigenvalue weighted by Crippen LogP contribution is -2.40. The number of rotatable bonds is 6. The van der Waals surface area contributed by atoms with Crippen LogP contribution < -0.4 is 10.3 Å². The van der Waals surface area contributed by atoms with Gasteiger partial charge in [0.2, 0.25) is 10.0 Å². The van der Waals surface area contributed by atoms with Crippen LogP contribution >= 0.6 is 0 Å². The number of pyridine rings is 1. The molecule has 2 heterocycles. The molecule has 1 unspecified atom stereocenters. The van der Waals surface area contributed by atoms with Gasteiger partial charge in [0, 0.05) is 17.9 Å². The highest BCUT2D eigenvalue weighted by atomic mass is 32.2. The van der Waals surface area contributed by atoms with Gasteiger partial charge in [-0.2, -0.15) is 0 Å². The minimum atomic E-state index is -3.77. The lowest BCUT2D eigenvalue weighted by atomic mass is 9.94. The van der Waals surface area contributed by atoms with Gasteiger partial charge in [0.15, 0.2) is 5.82 Å². The summed E-state index contributed by atoms with van der Waals surface area (Å²) in [5.74, 6) is -2.17. The van der Waals surface area contributed by atoms with Crippen molar-refractivity contribution >= 4 is 16.0 Å². The fourth-order valence-electron chi connectivity index (χ4n) is 2.99. The van der Waals surface area contributed by atoms with Crippen LogP contribution in [0.3, 0.4) is 0 Å². The van der Waals surface area contributed by atoms with E-state index < -0.39 is 33.0 Å². The monoisotopic (exact) mass is 430 g/mol. The highest BCUT2D eigenvalue weighted by molar-refractivity contribution is 7.89. The van der Waals surface area contributed by atoms with Gasteiger partial charge in [0.25, 0.3) is 5.56 Å². The van der Waals surface area contributed by atoms with Crippen molar-refractivity contribution in [3.8, 4) is 5.82 Å². The molecule has 0 fully saturated rings.